The molecule has 0 bridgehead atoms. The van der Waals surface area contributed by atoms with E-state index in [0.29, 0.717) is 0 Å². The molecule has 10 nitrogen and oxygen atoms in total. The first-order valence-corrected chi connectivity index (χ1v) is 11.5. The maximum atomic E-state index is 12.4. The van der Waals surface area contributed by atoms with Crippen LogP contribution in [-0.2, 0) is 25.5 Å². The average molecular weight is 501 g/mol. The number of aliphatic hydroxyl groups excluding tert-OH is 3. The summed E-state index contributed by atoms with van der Waals surface area (Å²) in [5.41, 5.74) is 8.75. The fourth-order valence-electron chi connectivity index (χ4n) is 4.01. The molecular formula is C26H32N2O8. The molecule has 1 amide bonds. The van der Waals surface area contributed by atoms with Crippen LogP contribution < -0.4 is 11.1 Å². The number of benzene rings is 2. The minimum atomic E-state index is -2.27. The zero-order chi connectivity index (χ0) is 26.3. The number of aliphatic hydroxyl groups is 3. The second kappa shape index (κ2) is 12.2. The van der Waals surface area contributed by atoms with Gasteiger partial charge in [0.2, 0.25) is 5.91 Å². The Labute approximate surface area is 209 Å². The van der Waals surface area contributed by atoms with Crippen molar-refractivity contribution in [2.24, 2.45) is 5.73 Å². The number of rotatable bonds is 11. The van der Waals surface area contributed by atoms with Gasteiger partial charge in [0, 0.05) is 13.0 Å². The van der Waals surface area contributed by atoms with Gasteiger partial charge in [0.05, 0.1) is 31.3 Å². The smallest absolute Gasteiger partial charge is 0.364 e. The van der Waals surface area contributed by atoms with Crippen molar-refractivity contribution in [3.63, 3.8) is 0 Å². The van der Waals surface area contributed by atoms with E-state index in [4.69, 9.17) is 15.2 Å². The van der Waals surface area contributed by atoms with E-state index in [1.54, 1.807) is 0 Å². The molecule has 10 heteroatoms. The van der Waals surface area contributed by atoms with Crippen LogP contribution in [0.1, 0.15) is 12.0 Å². The topological polar surface area (TPSA) is 172 Å². The van der Waals surface area contributed by atoms with E-state index in [0.717, 1.165) is 16.7 Å². The summed E-state index contributed by atoms with van der Waals surface area (Å²) in [5.74, 6) is -4.19. The Morgan fingerprint density at radius 2 is 1.81 bits per heavy atom. The lowest BCUT2D eigenvalue weighted by Gasteiger charge is -2.45. The Kier molecular flexibility index (Phi) is 9.32. The molecule has 2 aromatic rings. The molecule has 1 aliphatic rings. The van der Waals surface area contributed by atoms with Crippen molar-refractivity contribution in [3.05, 3.63) is 72.8 Å². The minimum absolute atomic E-state index is 0.0492. The molecule has 6 unspecified atom stereocenters. The normalized spacial score (nSPS) is 25.5. The molecule has 3 rings (SSSR count). The fourth-order valence-corrected chi connectivity index (χ4v) is 4.01. The number of carboxylic acid groups (broad SMARTS) is 1. The lowest BCUT2D eigenvalue weighted by atomic mass is 9.89. The molecule has 0 aromatic heterocycles. The van der Waals surface area contributed by atoms with E-state index in [9.17, 15) is 30.0 Å². The number of carbonyl (C=O) groups is 2. The Morgan fingerprint density at radius 1 is 1.17 bits per heavy atom. The summed E-state index contributed by atoms with van der Waals surface area (Å²) in [7, 11) is 0. The minimum Gasteiger partial charge on any atom is -0.477 e. The summed E-state index contributed by atoms with van der Waals surface area (Å²) in [6.07, 6.45) is -5.26. The van der Waals surface area contributed by atoms with E-state index < -0.39 is 54.5 Å². The lowest BCUT2D eigenvalue weighted by molar-refractivity contribution is -0.305. The van der Waals surface area contributed by atoms with Crippen molar-refractivity contribution in [3.8, 4) is 11.1 Å². The Hall–Kier alpha value is -3.12. The van der Waals surface area contributed by atoms with Crippen LogP contribution in [0.3, 0.4) is 0 Å². The first-order valence-electron chi connectivity index (χ1n) is 11.5. The van der Waals surface area contributed by atoms with Gasteiger partial charge >= 0.3 is 5.97 Å². The van der Waals surface area contributed by atoms with Gasteiger partial charge in [0.25, 0.3) is 5.79 Å². The second-order valence-corrected chi connectivity index (χ2v) is 8.69. The summed E-state index contributed by atoms with van der Waals surface area (Å²) in [5, 5.41) is 43.5. The molecule has 0 spiro atoms. The number of carboxylic acids is 1. The number of hydrogen-bond acceptors (Lipinski definition) is 8. The Morgan fingerprint density at radius 3 is 2.42 bits per heavy atom. The second-order valence-electron chi connectivity index (χ2n) is 8.69. The molecule has 1 fully saturated rings. The third-order valence-corrected chi connectivity index (χ3v) is 6.05. The molecule has 6 atom stereocenters. The number of nitrogens with two attached hydrogens (primary N) is 1. The largest absolute Gasteiger partial charge is 0.477 e. The molecule has 1 aliphatic heterocycles. The van der Waals surface area contributed by atoms with Gasteiger partial charge in [-0.15, -0.1) is 6.58 Å². The molecular weight excluding hydrogens is 468 g/mol. The Balaban J connectivity index is 1.57. The van der Waals surface area contributed by atoms with Gasteiger partial charge in [0.15, 0.2) is 0 Å². The van der Waals surface area contributed by atoms with Crippen LogP contribution in [0.2, 0.25) is 0 Å². The van der Waals surface area contributed by atoms with E-state index in [1.807, 2.05) is 54.6 Å². The van der Waals surface area contributed by atoms with Crippen LogP contribution in [0, 0.1) is 0 Å². The standard InChI is InChI=1S/C26H32N2O8/c1-2-12-35-26(25(33)34)14-19(29)22(27)24(36-26)23(32)20(30)15-28-21(31)13-16-8-10-18(11-9-16)17-6-4-3-5-7-17/h2-11,19-20,22-24,29-30,32H,1,12-15,27H2,(H,28,31)(H,33,34). The van der Waals surface area contributed by atoms with Crippen LogP contribution in [-0.4, -0.2) is 81.7 Å². The SMILES string of the molecule is C=CCOC1(C(=O)O)CC(O)C(N)C(C(O)C(O)CNC(=O)Cc2ccc(-c3ccccc3)cc2)O1. The van der Waals surface area contributed by atoms with Crippen molar-refractivity contribution < 1.29 is 39.5 Å². The van der Waals surface area contributed by atoms with Crippen molar-refractivity contribution in [1.29, 1.82) is 0 Å². The number of carbonyl (C=O) groups excluding carboxylic acids is 1. The monoisotopic (exact) mass is 500 g/mol. The molecule has 0 saturated carbocycles. The highest BCUT2D eigenvalue weighted by molar-refractivity contribution is 5.79. The van der Waals surface area contributed by atoms with Gasteiger partial charge in [-0.25, -0.2) is 4.79 Å². The molecule has 1 heterocycles. The van der Waals surface area contributed by atoms with E-state index in [1.165, 1.54) is 6.08 Å². The first-order chi connectivity index (χ1) is 17.2. The van der Waals surface area contributed by atoms with Gasteiger partial charge < -0.3 is 41.0 Å². The van der Waals surface area contributed by atoms with Crippen LogP contribution in [0.15, 0.2) is 67.3 Å². The van der Waals surface area contributed by atoms with Crippen LogP contribution in [0.4, 0.5) is 0 Å². The molecule has 0 aliphatic carbocycles. The quantitative estimate of drug-likeness (QED) is 0.236. The highest BCUT2D eigenvalue weighted by Gasteiger charge is 2.54. The maximum absolute atomic E-state index is 12.4. The van der Waals surface area contributed by atoms with E-state index >= 15 is 0 Å². The molecule has 36 heavy (non-hydrogen) atoms. The lowest BCUT2D eigenvalue weighted by Crippen LogP contribution is -2.66. The molecule has 1 saturated heterocycles. The summed E-state index contributed by atoms with van der Waals surface area (Å²) in [6.45, 7) is 2.91. The van der Waals surface area contributed by atoms with Crippen molar-refractivity contribution in [2.45, 2.75) is 49.1 Å². The third-order valence-electron chi connectivity index (χ3n) is 6.05. The van der Waals surface area contributed by atoms with Crippen LogP contribution in [0.5, 0.6) is 0 Å². The number of amides is 1. The highest BCUT2D eigenvalue weighted by Crippen LogP contribution is 2.32. The number of ether oxygens (including phenoxy) is 2. The van der Waals surface area contributed by atoms with Gasteiger partial charge in [0.1, 0.15) is 12.2 Å². The van der Waals surface area contributed by atoms with Crippen molar-refractivity contribution in [2.75, 3.05) is 13.2 Å². The zero-order valence-corrected chi connectivity index (χ0v) is 19.7. The number of nitrogens with one attached hydrogen (secondary N) is 1. The summed E-state index contributed by atoms with van der Waals surface area (Å²) in [4.78, 5) is 24.2. The molecule has 2 aromatic carbocycles. The summed E-state index contributed by atoms with van der Waals surface area (Å²) in [6, 6.07) is 16.1. The summed E-state index contributed by atoms with van der Waals surface area (Å²) < 4.78 is 10.7. The number of hydrogen-bond donors (Lipinski definition) is 6. The van der Waals surface area contributed by atoms with Gasteiger partial charge in [-0.3, -0.25) is 4.79 Å². The Bertz CT molecular complexity index is 1030. The first kappa shape index (κ1) is 27.5. The zero-order valence-electron chi connectivity index (χ0n) is 19.7. The molecule has 7 N–H and O–H groups in total. The van der Waals surface area contributed by atoms with Crippen molar-refractivity contribution in [1.82, 2.24) is 5.32 Å². The van der Waals surface area contributed by atoms with Crippen molar-refractivity contribution >= 4 is 11.9 Å². The van der Waals surface area contributed by atoms with Crippen LogP contribution in [0.25, 0.3) is 11.1 Å². The van der Waals surface area contributed by atoms with Gasteiger partial charge in [-0.1, -0.05) is 60.7 Å². The van der Waals surface area contributed by atoms with E-state index in [-0.39, 0.29) is 19.6 Å². The summed E-state index contributed by atoms with van der Waals surface area (Å²) >= 11 is 0. The maximum Gasteiger partial charge on any atom is 0.364 e. The molecule has 194 valence electrons. The van der Waals surface area contributed by atoms with Gasteiger partial charge in [-0.2, -0.15) is 0 Å². The molecule has 0 radical (unpaired) electrons. The van der Waals surface area contributed by atoms with Gasteiger partial charge in [-0.05, 0) is 16.7 Å². The predicted octanol–water partition coefficient (Wildman–Crippen LogP) is 0.195. The fraction of sp³-hybridized carbons (Fsp3) is 0.385. The predicted molar refractivity (Wildman–Crippen MR) is 131 cm³/mol. The highest BCUT2D eigenvalue weighted by atomic mass is 16.7. The third kappa shape index (κ3) is 6.55. The van der Waals surface area contributed by atoms with Crippen LogP contribution >= 0.6 is 0 Å². The number of aliphatic carboxylic acids is 1. The van der Waals surface area contributed by atoms with E-state index in [2.05, 4.69) is 11.9 Å². The average Bonchev–Trinajstić information content (AvgIpc) is 2.88.